The Hall–Kier alpha value is -1.30. The van der Waals surface area contributed by atoms with Crippen LogP contribution in [0.15, 0.2) is 0 Å². The number of hydrogen-bond donors (Lipinski definition) is 2. The topological polar surface area (TPSA) is 70.7 Å². The normalized spacial score (nSPS) is 23.4. The van der Waals surface area contributed by atoms with Crippen molar-refractivity contribution in [1.82, 2.24) is 15.5 Å². The van der Waals surface area contributed by atoms with Crippen molar-refractivity contribution in [3.05, 3.63) is 0 Å². The fourth-order valence-electron chi connectivity index (χ4n) is 2.62. The van der Waals surface area contributed by atoms with Crippen LogP contribution in [0, 0.1) is 11.8 Å². The maximum absolute atomic E-state index is 11.4. The predicted octanol–water partition coefficient (Wildman–Crippen LogP) is 0.825. The van der Waals surface area contributed by atoms with Crippen molar-refractivity contribution in [3.8, 4) is 0 Å². The summed E-state index contributed by atoms with van der Waals surface area (Å²) in [5.41, 5.74) is 0. The molecule has 2 amide bonds. The van der Waals surface area contributed by atoms with Gasteiger partial charge in [-0.05, 0) is 18.3 Å². The number of alkyl carbamates (subject to hydrolysis) is 1. The van der Waals surface area contributed by atoms with Gasteiger partial charge in [-0.15, -0.1) is 0 Å². The van der Waals surface area contributed by atoms with E-state index in [0.717, 1.165) is 26.1 Å². The van der Waals surface area contributed by atoms with Gasteiger partial charge in [0.1, 0.15) is 0 Å². The van der Waals surface area contributed by atoms with E-state index in [1.54, 1.807) is 0 Å². The standard InChI is InChI=1S/C14H27N3O3/c1-10(2)12-7-13(16-14(19)20-4)9-17(8-12)6-5-15-11(3)18/h10,12-13H,5-9H2,1-4H3,(H,15,18)(H,16,19). The molecule has 2 atom stereocenters. The molecular formula is C14H27N3O3. The third kappa shape index (κ3) is 5.77. The molecule has 0 radical (unpaired) electrons. The van der Waals surface area contributed by atoms with Gasteiger partial charge in [0.05, 0.1) is 7.11 Å². The van der Waals surface area contributed by atoms with Crippen molar-refractivity contribution in [1.29, 1.82) is 0 Å². The van der Waals surface area contributed by atoms with Crippen LogP contribution in [0.25, 0.3) is 0 Å². The smallest absolute Gasteiger partial charge is 0.407 e. The van der Waals surface area contributed by atoms with Gasteiger partial charge in [-0.3, -0.25) is 9.69 Å². The number of amides is 2. The number of methoxy groups -OCH3 is 1. The fraction of sp³-hybridized carbons (Fsp3) is 0.857. The zero-order chi connectivity index (χ0) is 15.1. The molecule has 0 saturated carbocycles. The maximum atomic E-state index is 11.4. The SMILES string of the molecule is COC(=O)NC1CC(C(C)C)CN(CCNC(C)=O)C1. The lowest BCUT2D eigenvalue weighted by Crippen LogP contribution is -2.53. The summed E-state index contributed by atoms with van der Waals surface area (Å²) in [6.45, 7) is 9.20. The summed E-state index contributed by atoms with van der Waals surface area (Å²) in [4.78, 5) is 24.6. The highest BCUT2D eigenvalue weighted by Gasteiger charge is 2.29. The number of carbonyl (C=O) groups excluding carboxylic acids is 2. The van der Waals surface area contributed by atoms with Crippen LogP contribution >= 0.6 is 0 Å². The second-order valence-corrected chi connectivity index (χ2v) is 5.82. The van der Waals surface area contributed by atoms with Gasteiger partial charge in [-0.1, -0.05) is 13.8 Å². The first-order chi connectivity index (χ1) is 9.42. The second kappa shape index (κ2) is 8.09. The fourth-order valence-corrected chi connectivity index (χ4v) is 2.62. The summed E-state index contributed by atoms with van der Waals surface area (Å²) >= 11 is 0. The van der Waals surface area contributed by atoms with Crippen molar-refractivity contribution in [3.63, 3.8) is 0 Å². The molecule has 0 aromatic carbocycles. The highest BCUT2D eigenvalue weighted by molar-refractivity contribution is 5.72. The van der Waals surface area contributed by atoms with E-state index >= 15 is 0 Å². The summed E-state index contributed by atoms with van der Waals surface area (Å²) in [6.07, 6.45) is 0.602. The van der Waals surface area contributed by atoms with Crippen molar-refractivity contribution < 1.29 is 14.3 Å². The summed E-state index contributed by atoms with van der Waals surface area (Å²) in [7, 11) is 1.38. The van der Waals surface area contributed by atoms with Crippen molar-refractivity contribution in [2.24, 2.45) is 11.8 Å². The average molecular weight is 285 g/mol. The molecule has 1 heterocycles. The van der Waals surface area contributed by atoms with Gasteiger partial charge >= 0.3 is 6.09 Å². The van der Waals surface area contributed by atoms with Crippen LogP contribution in [0.4, 0.5) is 4.79 Å². The summed E-state index contributed by atoms with van der Waals surface area (Å²) in [5, 5.41) is 5.70. The lowest BCUT2D eigenvalue weighted by molar-refractivity contribution is -0.119. The molecule has 0 aromatic rings. The van der Waals surface area contributed by atoms with Gasteiger partial charge in [0.2, 0.25) is 5.91 Å². The number of piperidine rings is 1. The van der Waals surface area contributed by atoms with Crippen LogP contribution in [0.1, 0.15) is 27.2 Å². The lowest BCUT2D eigenvalue weighted by atomic mass is 9.85. The predicted molar refractivity (Wildman–Crippen MR) is 77.4 cm³/mol. The molecule has 2 unspecified atom stereocenters. The molecule has 6 nitrogen and oxygen atoms in total. The zero-order valence-corrected chi connectivity index (χ0v) is 12.9. The minimum Gasteiger partial charge on any atom is -0.453 e. The Kier molecular flexibility index (Phi) is 6.78. The molecule has 1 aliphatic heterocycles. The number of nitrogens with zero attached hydrogens (tertiary/aromatic N) is 1. The highest BCUT2D eigenvalue weighted by atomic mass is 16.5. The molecular weight excluding hydrogens is 258 g/mol. The third-order valence-electron chi connectivity index (χ3n) is 3.81. The first-order valence-corrected chi connectivity index (χ1v) is 7.23. The van der Waals surface area contributed by atoms with E-state index < -0.39 is 0 Å². The third-order valence-corrected chi connectivity index (χ3v) is 3.81. The Morgan fingerprint density at radius 2 is 2.05 bits per heavy atom. The Morgan fingerprint density at radius 3 is 2.60 bits per heavy atom. The van der Waals surface area contributed by atoms with Crippen LogP contribution < -0.4 is 10.6 Å². The zero-order valence-electron chi connectivity index (χ0n) is 12.9. The molecule has 1 saturated heterocycles. The van der Waals surface area contributed by atoms with E-state index in [4.69, 9.17) is 0 Å². The van der Waals surface area contributed by atoms with Crippen molar-refractivity contribution in [2.75, 3.05) is 33.3 Å². The molecule has 1 aliphatic rings. The minimum atomic E-state index is -0.374. The number of ether oxygens (including phenoxy) is 1. The molecule has 1 fully saturated rings. The summed E-state index contributed by atoms with van der Waals surface area (Å²) in [5.74, 6) is 1.11. The van der Waals surface area contributed by atoms with Crippen LogP contribution in [-0.4, -0.2) is 56.2 Å². The molecule has 0 spiro atoms. The molecule has 0 aliphatic carbocycles. The van der Waals surface area contributed by atoms with Crippen LogP contribution in [-0.2, 0) is 9.53 Å². The molecule has 0 bridgehead atoms. The number of nitrogens with one attached hydrogen (secondary N) is 2. The quantitative estimate of drug-likeness (QED) is 0.785. The molecule has 116 valence electrons. The molecule has 2 N–H and O–H groups in total. The second-order valence-electron chi connectivity index (χ2n) is 5.82. The first-order valence-electron chi connectivity index (χ1n) is 7.23. The largest absolute Gasteiger partial charge is 0.453 e. The van der Waals surface area contributed by atoms with Gasteiger partial charge in [0.15, 0.2) is 0 Å². The lowest BCUT2D eigenvalue weighted by Gasteiger charge is -2.39. The Labute approximate surface area is 121 Å². The molecule has 20 heavy (non-hydrogen) atoms. The summed E-state index contributed by atoms with van der Waals surface area (Å²) in [6, 6.07) is 0.112. The van der Waals surface area contributed by atoms with E-state index in [0.29, 0.717) is 18.4 Å². The maximum Gasteiger partial charge on any atom is 0.407 e. The number of rotatable bonds is 5. The van der Waals surface area contributed by atoms with E-state index in [-0.39, 0.29) is 18.0 Å². The van der Waals surface area contributed by atoms with Gasteiger partial charge in [0.25, 0.3) is 0 Å². The first kappa shape index (κ1) is 16.8. The Bertz CT molecular complexity index is 334. The van der Waals surface area contributed by atoms with Gasteiger partial charge < -0.3 is 15.4 Å². The minimum absolute atomic E-state index is 0.00773. The molecule has 0 aromatic heterocycles. The van der Waals surface area contributed by atoms with Gasteiger partial charge in [-0.25, -0.2) is 4.79 Å². The van der Waals surface area contributed by atoms with Crippen LogP contribution in [0.2, 0.25) is 0 Å². The number of hydrogen-bond acceptors (Lipinski definition) is 4. The van der Waals surface area contributed by atoms with Gasteiger partial charge in [-0.2, -0.15) is 0 Å². The summed E-state index contributed by atoms with van der Waals surface area (Å²) < 4.78 is 4.67. The van der Waals surface area contributed by atoms with E-state index in [1.807, 2.05) is 0 Å². The number of carbonyl (C=O) groups is 2. The molecule has 6 heteroatoms. The van der Waals surface area contributed by atoms with Crippen LogP contribution in [0.3, 0.4) is 0 Å². The van der Waals surface area contributed by atoms with Gasteiger partial charge in [0, 0.05) is 39.1 Å². The van der Waals surface area contributed by atoms with E-state index in [1.165, 1.54) is 14.0 Å². The van der Waals surface area contributed by atoms with Crippen molar-refractivity contribution >= 4 is 12.0 Å². The van der Waals surface area contributed by atoms with Crippen LogP contribution in [0.5, 0.6) is 0 Å². The average Bonchev–Trinajstić information content (AvgIpc) is 2.37. The Balaban J connectivity index is 2.51. The van der Waals surface area contributed by atoms with E-state index in [2.05, 4.69) is 34.1 Å². The molecule has 1 rings (SSSR count). The van der Waals surface area contributed by atoms with E-state index in [9.17, 15) is 9.59 Å². The number of likely N-dealkylation sites (tertiary alicyclic amines) is 1. The van der Waals surface area contributed by atoms with Crippen molar-refractivity contribution in [2.45, 2.75) is 33.2 Å². The Morgan fingerprint density at radius 1 is 1.35 bits per heavy atom. The monoisotopic (exact) mass is 285 g/mol. The highest BCUT2D eigenvalue weighted by Crippen LogP contribution is 2.23.